The third-order valence-corrected chi connectivity index (χ3v) is 12.5. The highest BCUT2D eigenvalue weighted by Crippen LogP contribution is 2.30. The maximum Gasteiger partial charge on any atom is 0.220 e. The molecule has 0 aromatic carbocycles. The third-order valence-electron chi connectivity index (χ3n) is 12.5. The summed E-state index contributed by atoms with van der Waals surface area (Å²) in [6.07, 6.45) is 19.6. The van der Waals surface area contributed by atoms with Crippen molar-refractivity contribution >= 4 is 5.91 Å². The van der Waals surface area contributed by atoms with Gasteiger partial charge in [0.15, 0.2) is 12.6 Å². The van der Waals surface area contributed by atoms with Gasteiger partial charge in [-0.2, -0.15) is 0 Å². The first-order chi connectivity index (χ1) is 30.1. The fourth-order valence-electron chi connectivity index (χ4n) is 8.35. The molecule has 366 valence electrons. The molecule has 4 unspecified atom stereocenters. The minimum atomic E-state index is -1.78. The second-order valence-corrected chi connectivity index (χ2v) is 18.0. The van der Waals surface area contributed by atoms with Crippen molar-refractivity contribution in [1.29, 1.82) is 0 Å². The molecule has 0 radical (unpaired) electrons. The van der Waals surface area contributed by atoms with E-state index < -0.39 is 86.8 Å². The number of ether oxygens (including phenoxy) is 4. The summed E-state index contributed by atoms with van der Waals surface area (Å²) >= 11 is 0. The monoisotopic (exact) mass is 890 g/mol. The second-order valence-electron chi connectivity index (χ2n) is 18.0. The molecule has 0 aromatic rings. The van der Waals surface area contributed by atoms with Crippen LogP contribution in [0.2, 0.25) is 0 Å². The van der Waals surface area contributed by atoms with E-state index in [9.17, 15) is 45.6 Å². The Balaban J connectivity index is 1.86. The molecule has 2 aliphatic heterocycles. The number of aliphatic hydroxyl groups is 8. The number of unbranched alkanes of at least 4 members (excludes halogenated alkanes) is 25. The quantitative estimate of drug-likeness (QED) is 0.0257. The van der Waals surface area contributed by atoms with Crippen LogP contribution in [0.25, 0.3) is 0 Å². The minimum absolute atomic E-state index is 0.238. The number of carbonyl (C=O) groups is 1. The summed E-state index contributed by atoms with van der Waals surface area (Å²) in [5.41, 5.74) is 0. The molecule has 14 heteroatoms. The van der Waals surface area contributed by atoms with Crippen LogP contribution in [0.4, 0.5) is 0 Å². The number of hydrogen-bond donors (Lipinski definition) is 9. The van der Waals surface area contributed by atoms with Crippen LogP contribution in [0.3, 0.4) is 0 Å². The van der Waals surface area contributed by atoms with Crippen molar-refractivity contribution in [2.45, 2.75) is 267 Å². The summed E-state index contributed by atoms with van der Waals surface area (Å²) in [5.74, 6) is -0.238. The molecular formula is C48H91NO13. The van der Waals surface area contributed by atoms with Crippen molar-refractivity contribution in [2.75, 3.05) is 19.8 Å². The molecule has 9 N–H and O–H groups in total. The molecule has 62 heavy (non-hydrogen) atoms. The van der Waals surface area contributed by atoms with E-state index in [4.69, 9.17) is 18.9 Å². The minimum Gasteiger partial charge on any atom is -0.394 e. The predicted octanol–water partition coefficient (Wildman–Crippen LogP) is 5.99. The third kappa shape index (κ3) is 23.3. The number of carbonyl (C=O) groups excluding carboxylic acids is 1. The molecule has 0 aromatic heterocycles. The fraction of sp³-hybridized carbons (Fsp3) is 0.938. The average Bonchev–Trinajstić information content (AvgIpc) is 3.27. The van der Waals surface area contributed by atoms with E-state index in [-0.39, 0.29) is 18.9 Å². The topological polar surface area (TPSA) is 228 Å². The molecule has 2 aliphatic rings. The van der Waals surface area contributed by atoms with Crippen LogP contribution in [0, 0.1) is 0 Å². The molecule has 2 saturated heterocycles. The average molecular weight is 890 g/mol. The Labute approximate surface area is 374 Å². The lowest BCUT2D eigenvalue weighted by molar-refractivity contribution is -0.359. The number of nitrogens with one attached hydrogen (secondary N) is 1. The normalized spacial score (nSPS) is 27.8. The van der Waals surface area contributed by atoms with E-state index in [0.717, 1.165) is 38.5 Å². The molecule has 0 aliphatic carbocycles. The Morgan fingerprint density at radius 3 is 1.48 bits per heavy atom. The highest BCUT2D eigenvalue weighted by molar-refractivity contribution is 5.76. The van der Waals surface area contributed by atoms with Gasteiger partial charge in [-0.15, -0.1) is 0 Å². The molecule has 2 fully saturated rings. The molecule has 0 bridgehead atoms. The van der Waals surface area contributed by atoms with Crippen LogP contribution in [-0.4, -0.2) is 140 Å². The van der Waals surface area contributed by atoms with Gasteiger partial charge in [-0.05, 0) is 19.3 Å². The largest absolute Gasteiger partial charge is 0.394 e. The zero-order chi connectivity index (χ0) is 45.4. The van der Waals surface area contributed by atoms with E-state index in [1.807, 2.05) is 6.08 Å². The molecule has 12 atom stereocenters. The van der Waals surface area contributed by atoms with Crippen molar-refractivity contribution in [2.24, 2.45) is 0 Å². The summed E-state index contributed by atoms with van der Waals surface area (Å²) in [6.45, 7) is 2.78. The van der Waals surface area contributed by atoms with Gasteiger partial charge in [0.05, 0.1) is 32.0 Å². The number of aliphatic hydroxyl groups excluding tert-OH is 8. The first-order valence-electron chi connectivity index (χ1n) is 24.9. The van der Waals surface area contributed by atoms with Crippen LogP contribution in [-0.2, 0) is 23.7 Å². The van der Waals surface area contributed by atoms with E-state index in [1.54, 1.807) is 6.08 Å². The Kier molecular flexibility index (Phi) is 32.9. The summed E-state index contributed by atoms with van der Waals surface area (Å²) in [5, 5.41) is 86.6. The second kappa shape index (κ2) is 35.9. The van der Waals surface area contributed by atoms with E-state index in [0.29, 0.717) is 6.42 Å². The molecule has 14 nitrogen and oxygen atoms in total. The number of hydrogen-bond acceptors (Lipinski definition) is 13. The molecule has 1 amide bonds. The van der Waals surface area contributed by atoms with Gasteiger partial charge in [0.2, 0.25) is 5.91 Å². The summed E-state index contributed by atoms with van der Waals surface area (Å²) in [4.78, 5) is 13.1. The number of allylic oxidation sites excluding steroid dienone is 1. The van der Waals surface area contributed by atoms with Gasteiger partial charge in [0.25, 0.3) is 0 Å². The van der Waals surface area contributed by atoms with Crippen LogP contribution in [0.1, 0.15) is 194 Å². The zero-order valence-corrected chi connectivity index (χ0v) is 38.6. The van der Waals surface area contributed by atoms with Crippen molar-refractivity contribution in [3.63, 3.8) is 0 Å². The zero-order valence-electron chi connectivity index (χ0n) is 38.6. The van der Waals surface area contributed by atoms with E-state index >= 15 is 0 Å². The lowest BCUT2D eigenvalue weighted by atomic mass is 9.97. The standard InChI is InChI=1S/C48H91NO13/c1-3-5-7-9-11-13-15-17-18-20-22-24-26-28-30-32-40(53)49-36(37(52)31-29-27-25-23-21-19-16-14-12-10-8-6-4-2)35-59-47-45(58)43(56)46(39(34-51)61-47)62-48-44(57)42(55)41(54)38(33-50)60-48/h29,31,36-39,41-48,50-52,54-58H,3-28,30,32-35H2,1-2H3,(H,49,53)/t36-,37+,38?,39?,41-,42-,43+,44?,45?,46+,47+,48-/m0/s1. The van der Waals surface area contributed by atoms with E-state index in [2.05, 4.69) is 19.2 Å². The van der Waals surface area contributed by atoms with Crippen molar-refractivity contribution < 1.29 is 64.6 Å². The van der Waals surface area contributed by atoms with Crippen molar-refractivity contribution in [3.05, 3.63) is 12.2 Å². The lowest BCUT2D eigenvalue weighted by Gasteiger charge is -2.46. The Morgan fingerprint density at radius 1 is 0.565 bits per heavy atom. The summed E-state index contributed by atoms with van der Waals surface area (Å²) in [6, 6.07) is -0.906. The lowest BCUT2D eigenvalue weighted by Crippen LogP contribution is -2.65. The highest BCUT2D eigenvalue weighted by atomic mass is 16.7. The van der Waals surface area contributed by atoms with Gasteiger partial charge in [-0.1, -0.05) is 180 Å². The van der Waals surface area contributed by atoms with Gasteiger partial charge < -0.3 is 65.1 Å². The van der Waals surface area contributed by atoms with Crippen molar-refractivity contribution in [3.8, 4) is 0 Å². The Morgan fingerprint density at radius 2 is 1.00 bits per heavy atom. The van der Waals surface area contributed by atoms with Crippen LogP contribution in [0.5, 0.6) is 0 Å². The van der Waals surface area contributed by atoms with Gasteiger partial charge >= 0.3 is 0 Å². The Hall–Kier alpha value is -1.27. The molecule has 0 saturated carbocycles. The maximum absolute atomic E-state index is 13.1. The highest BCUT2D eigenvalue weighted by Gasteiger charge is 2.51. The van der Waals surface area contributed by atoms with Gasteiger partial charge in [-0.25, -0.2) is 0 Å². The fourth-order valence-corrected chi connectivity index (χ4v) is 8.35. The molecule has 2 heterocycles. The van der Waals surface area contributed by atoms with Gasteiger partial charge in [0, 0.05) is 6.42 Å². The maximum atomic E-state index is 13.1. The van der Waals surface area contributed by atoms with Crippen molar-refractivity contribution in [1.82, 2.24) is 5.32 Å². The van der Waals surface area contributed by atoms with Gasteiger partial charge in [0.1, 0.15) is 48.8 Å². The van der Waals surface area contributed by atoms with E-state index in [1.165, 1.54) is 128 Å². The Bertz CT molecular complexity index is 1100. The number of amides is 1. The molecule has 2 rings (SSSR count). The van der Waals surface area contributed by atoms with Crippen LogP contribution >= 0.6 is 0 Å². The van der Waals surface area contributed by atoms with Crippen LogP contribution in [0.15, 0.2) is 12.2 Å². The first kappa shape index (κ1) is 56.9. The number of rotatable bonds is 38. The molecular weight excluding hydrogens is 799 g/mol. The predicted molar refractivity (Wildman–Crippen MR) is 240 cm³/mol. The smallest absolute Gasteiger partial charge is 0.220 e. The van der Waals surface area contributed by atoms with Crippen LogP contribution < -0.4 is 5.32 Å². The first-order valence-corrected chi connectivity index (χ1v) is 24.9. The molecule has 0 spiro atoms. The summed E-state index contributed by atoms with van der Waals surface area (Å²) < 4.78 is 22.7. The SMILES string of the molecule is CCCCCCCCCCCCCC=C[C@@H](O)[C@H](CO[C@@H]1OC(CO)[C@@H](O[C@@H]2OC(CO)[C@H](O)[C@H](O)C2O)[C@H](O)C1O)NC(=O)CCCCCCCCCCCCCCCCC. The summed E-state index contributed by atoms with van der Waals surface area (Å²) in [7, 11) is 0. The van der Waals surface area contributed by atoms with Gasteiger partial charge in [-0.3, -0.25) is 4.79 Å².